The van der Waals surface area contributed by atoms with E-state index in [0.717, 1.165) is 40.7 Å². The molecule has 0 bridgehead atoms. The van der Waals surface area contributed by atoms with Gasteiger partial charge in [-0.05, 0) is 20.8 Å². The number of aryl methyl sites for hydroxylation is 3. The lowest BCUT2D eigenvalue weighted by Crippen LogP contribution is -2.22. The second-order valence-corrected chi connectivity index (χ2v) is 5.69. The van der Waals surface area contributed by atoms with Crippen LogP contribution in [0.25, 0.3) is 0 Å². The zero-order valence-electron chi connectivity index (χ0n) is 13.7. The predicted molar refractivity (Wildman–Crippen MR) is 83.7 cm³/mol. The van der Waals surface area contributed by atoms with Crippen LogP contribution in [0.15, 0.2) is 12.3 Å². The van der Waals surface area contributed by atoms with E-state index in [1.165, 1.54) is 0 Å². The molecule has 0 aliphatic rings. The topological polar surface area (TPSA) is 52.0 Å². The second-order valence-electron chi connectivity index (χ2n) is 5.69. The highest BCUT2D eigenvalue weighted by Gasteiger charge is 2.14. The molecule has 0 aromatic carbocycles. The van der Waals surface area contributed by atoms with Crippen LogP contribution in [0.1, 0.15) is 36.5 Å². The van der Waals surface area contributed by atoms with Gasteiger partial charge in [-0.1, -0.05) is 13.8 Å². The summed E-state index contributed by atoms with van der Waals surface area (Å²) >= 11 is 0. The van der Waals surface area contributed by atoms with E-state index >= 15 is 0 Å². The van der Waals surface area contributed by atoms with E-state index in [1.54, 1.807) is 0 Å². The van der Waals surface area contributed by atoms with Crippen LogP contribution in [-0.2, 0) is 13.6 Å². The van der Waals surface area contributed by atoms with E-state index in [9.17, 15) is 0 Å². The van der Waals surface area contributed by atoms with Crippen LogP contribution in [0.3, 0.4) is 0 Å². The van der Waals surface area contributed by atoms with Gasteiger partial charge in [-0.3, -0.25) is 9.67 Å². The lowest BCUT2D eigenvalue weighted by Gasteiger charge is -2.14. The van der Waals surface area contributed by atoms with Gasteiger partial charge in [-0.25, -0.2) is 0 Å². The Morgan fingerprint density at radius 2 is 2.00 bits per heavy atom. The number of nitrogens with zero attached hydrogens (tertiary/aromatic N) is 3. The van der Waals surface area contributed by atoms with Gasteiger partial charge in [0.2, 0.25) is 0 Å². The molecule has 5 heteroatoms. The summed E-state index contributed by atoms with van der Waals surface area (Å²) < 4.78 is 7.98. The highest BCUT2D eigenvalue weighted by molar-refractivity contribution is 5.41. The Morgan fingerprint density at radius 1 is 1.29 bits per heavy atom. The highest BCUT2D eigenvalue weighted by atomic mass is 16.5. The van der Waals surface area contributed by atoms with Gasteiger partial charge in [0.05, 0.1) is 5.69 Å². The second kappa shape index (κ2) is 6.26. The number of nitrogens with one attached hydrogen (secondary N) is 1. The molecule has 0 atom stereocenters. The molecule has 2 rings (SSSR count). The van der Waals surface area contributed by atoms with Crippen LogP contribution in [0.4, 0.5) is 0 Å². The molecule has 5 nitrogen and oxygen atoms in total. The van der Waals surface area contributed by atoms with Crippen molar-refractivity contribution in [2.24, 2.45) is 7.05 Å². The zero-order chi connectivity index (χ0) is 15.6. The van der Waals surface area contributed by atoms with Crippen molar-refractivity contribution in [1.82, 2.24) is 20.1 Å². The largest absolute Gasteiger partial charge is 0.453 e. The number of pyridine rings is 1. The number of ether oxygens (including phenoxy) is 1. The molecular weight excluding hydrogens is 264 g/mol. The zero-order valence-corrected chi connectivity index (χ0v) is 13.7. The van der Waals surface area contributed by atoms with Crippen LogP contribution in [0, 0.1) is 20.8 Å². The van der Waals surface area contributed by atoms with Crippen LogP contribution in [0.5, 0.6) is 11.5 Å². The van der Waals surface area contributed by atoms with Crippen LogP contribution < -0.4 is 10.1 Å². The molecule has 2 aromatic rings. The molecule has 0 saturated carbocycles. The van der Waals surface area contributed by atoms with Crippen molar-refractivity contribution in [2.75, 3.05) is 0 Å². The minimum Gasteiger partial charge on any atom is -0.453 e. The van der Waals surface area contributed by atoms with Crippen LogP contribution in [-0.4, -0.2) is 20.8 Å². The smallest absolute Gasteiger partial charge is 0.171 e. The van der Waals surface area contributed by atoms with Gasteiger partial charge in [0, 0.05) is 43.2 Å². The maximum absolute atomic E-state index is 6.14. The fraction of sp³-hybridized carbons (Fsp3) is 0.500. The molecule has 0 unspecified atom stereocenters. The van der Waals surface area contributed by atoms with Gasteiger partial charge >= 0.3 is 0 Å². The first-order chi connectivity index (χ1) is 9.88. The average Bonchev–Trinajstić information content (AvgIpc) is 2.64. The van der Waals surface area contributed by atoms with Crippen LogP contribution in [0.2, 0.25) is 0 Å². The number of hydrogen-bond donors (Lipinski definition) is 1. The molecule has 21 heavy (non-hydrogen) atoms. The fourth-order valence-corrected chi connectivity index (χ4v) is 2.12. The Kier molecular flexibility index (Phi) is 4.63. The first-order valence-corrected chi connectivity index (χ1v) is 7.25. The first-order valence-electron chi connectivity index (χ1n) is 7.25. The molecular formula is C16H24N4O. The lowest BCUT2D eigenvalue weighted by atomic mass is 10.2. The van der Waals surface area contributed by atoms with Gasteiger partial charge in [0.25, 0.3) is 0 Å². The van der Waals surface area contributed by atoms with E-state index in [0.29, 0.717) is 6.04 Å². The predicted octanol–water partition coefficient (Wildman–Crippen LogP) is 3.03. The molecule has 0 aliphatic carbocycles. The van der Waals surface area contributed by atoms with E-state index in [2.05, 4.69) is 29.2 Å². The third kappa shape index (κ3) is 3.61. The molecule has 2 aromatic heterocycles. The Balaban J connectivity index is 2.31. The fourth-order valence-electron chi connectivity index (χ4n) is 2.12. The maximum atomic E-state index is 6.14. The lowest BCUT2D eigenvalue weighted by molar-refractivity contribution is 0.460. The molecule has 114 valence electrons. The third-order valence-electron chi connectivity index (χ3n) is 3.44. The van der Waals surface area contributed by atoms with Gasteiger partial charge in [-0.2, -0.15) is 5.10 Å². The molecule has 0 spiro atoms. The molecule has 1 N–H and O–H groups in total. The summed E-state index contributed by atoms with van der Waals surface area (Å²) in [6.07, 6.45) is 1.88. The Hall–Kier alpha value is -1.88. The molecule has 0 aliphatic heterocycles. The Bertz CT molecular complexity index is 631. The minimum atomic E-state index is 0.418. The number of aromatic nitrogens is 3. The summed E-state index contributed by atoms with van der Waals surface area (Å²) in [6, 6.07) is 2.39. The quantitative estimate of drug-likeness (QED) is 0.919. The SMILES string of the molecule is Cc1cc(Oc2c(C)nn(C)c2C)c(CNC(C)C)cn1. The van der Waals surface area contributed by atoms with E-state index < -0.39 is 0 Å². The minimum absolute atomic E-state index is 0.418. The number of rotatable bonds is 5. The van der Waals surface area contributed by atoms with E-state index in [4.69, 9.17) is 4.74 Å². The van der Waals surface area contributed by atoms with Crippen molar-refractivity contribution < 1.29 is 4.74 Å². The first kappa shape index (κ1) is 15.5. The van der Waals surface area contributed by atoms with E-state index in [-0.39, 0.29) is 0 Å². The number of hydrogen-bond acceptors (Lipinski definition) is 4. The highest BCUT2D eigenvalue weighted by Crippen LogP contribution is 2.30. The van der Waals surface area contributed by atoms with Gasteiger partial charge in [0.15, 0.2) is 5.75 Å². The molecule has 0 saturated heterocycles. The van der Waals surface area contributed by atoms with Crippen molar-refractivity contribution >= 4 is 0 Å². The molecule has 2 heterocycles. The Labute approximate surface area is 126 Å². The summed E-state index contributed by atoms with van der Waals surface area (Å²) in [7, 11) is 1.92. The third-order valence-corrected chi connectivity index (χ3v) is 3.44. The van der Waals surface area contributed by atoms with Gasteiger partial charge < -0.3 is 10.1 Å². The van der Waals surface area contributed by atoms with Gasteiger partial charge in [0.1, 0.15) is 11.4 Å². The maximum Gasteiger partial charge on any atom is 0.171 e. The summed E-state index contributed by atoms with van der Waals surface area (Å²) in [4.78, 5) is 4.37. The van der Waals surface area contributed by atoms with Crippen molar-refractivity contribution in [3.05, 3.63) is 34.9 Å². The summed E-state index contributed by atoms with van der Waals surface area (Å²) in [5.41, 5.74) is 3.91. The van der Waals surface area contributed by atoms with E-state index in [1.807, 2.05) is 44.8 Å². The monoisotopic (exact) mass is 288 g/mol. The van der Waals surface area contributed by atoms with Crippen molar-refractivity contribution in [1.29, 1.82) is 0 Å². The van der Waals surface area contributed by atoms with Crippen molar-refractivity contribution in [2.45, 2.75) is 47.2 Å². The summed E-state index contributed by atoms with van der Waals surface area (Å²) in [6.45, 7) is 10.9. The van der Waals surface area contributed by atoms with Crippen LogP contribution >= 0.6 is 0 Å². The Morgan fingerprint density at radius 3 is 2.57 bits per heavy atom. The molecule has 0 amide bonds. The van der Waals surface area contributed by atoms with Crippen molar-refractivity contribution in [3.8, 4) is 11.5 Å². The van der Waals surface area contributed by atoms with Crippen molar-refractivity contribution in [3.63, 3.8) is 0 Å². The average molecular weight is 288 g/mol. The molecule has 0 fully saturated rings. The normalized spacial score (nSPS) is 11.2. The summed E-state index contributed by atoms with van der Waals surface area (Å²) in [5.74, 6) is 1.67. The standard InChI is InChI=1S/C16H24N4O/c1-10(2)17-8-14-9-18-11(3)7-15(14)21-16-12(4)19-20(6)13(16)5/h7,9-10,17H,8H2,1-6H3. The summed E-state index contributed by atoms with van der Waals surface area (Å²) in [5, 5.41) is 7.79. The van der Waals surface area contributed by atoms with Gasteiger partial charge in [-0.15, -0.1) is 0 Å². The molecule has 0 radical (unpaired) electrons.